The topological polar surface area (TPSA) is 57.5 Å². The van der Waals surface area contributed by atoms with Crippen molar-refractivity contribution in [1.29, 1.82) is 0 Å². The van der Waals surface area contributed by atoms with Crippen molar-refractivity contribution < 1.29 is 19.5 Å². The van der Waals surface area contributed by atoms with Gasteiger partial charge in [-0.2, -0.15) is 0 Å². The highest BCUT2D eigenvalue weighted by Crippen LogP contribution is 2.16. The van der Waals surface area contributed by atoms with Crippen LogP contribution in [0.1, 0.15) is 72.1 Å². The maximum absolute atomic E-state index is 11.0. The van der Waals surface area contributed by atoms with Crippen molar-refractivity contribution in [3.8, 4) is 0 Å². The molecular weight excluding hydrogens is 290 g/mol. The summed E-state index contributed by atoms with van der Waals surface area (Å²) < 4.78 is 0.747. The van der Waals surface area contributed by atoms with Gasteiger partial charge in [0.15, 0.2) is 0 Å². The number of rotatable bonds is 15. The zero-order valence-corrected chi connectivity index (χ0v) is 15.5. The lowest BCUT2D eigenvalue weighted by Crippen LogP contribution is -2.54. The molecule has 0 aromatic carbocycles. The first-order valence-corrected chi connectivity index (χ1v) is 9.39. The van der Waals surface area contributed by atoms with Gasteiger partial charge < -0.3 is 14.7 Å². The second kappa shape index (κ2) is 13.6. The molecule has 0 saturated carbocycles. The Morgan fingerprint density at radius 3 is 2.09 bits per heavy atom. The monoisotopic (exact) mass is 328 g/mol. The molecule has 0 saturated heterocycles. The summed E-state index contributed by atoms with van der Waals surface area (Å²) in [6.45, 7) is 9.71. The molecule has 4 heteroatoms. The largest absolute Gasteiger partial charge is 0.481 e. The van der Waals surface area contributed by atoms with Gasteiger partial charge in [0.25, 0.3) is 0 Å². The maximum atomic E-state index is 11.0. The highest BCUT2D eigenvalue weighted by atomic mass is 16.4. The fourth-order valence-corrected chi connectivity index (χ4v) is 2.99. The van der Waals surface area contributed by atoms with Crippen molar-refractivity contribution in [1.82, 2.24) is 0 Å². The Balaban J connectivity index is 4.82. The zero-order valence-electron chi connectivity index (χ0n) is 15.5. The molecule has 0 aromatic heterocycles. The minimum atomic E-state index is -0.738. The van der Waals surface area contributed by atoms with E-state index in [-0.39, 0.29) is 12.5 Å². The van der Waals surface area contributed by atoms with Crippen LogP contribution >= 0.6 is 0 Å². The van der Waals surface area contributed by atoms with E-state index in [4.69, 9.17) is 5.11 Å². The lowest BCUT2D eigenvalue weighted by Gasteiger charge is -2.40. The third-order valence-corrected chi connectivity index (χ3v) is 4.40. The molecule has 23 heavy (non-hydrogen) atoms. The van der Waals surface area contributed by atoms with E-state index >= 15 is 0 Å². The summed E-state index contributed by atoms with van der Waals surface area (Å²) in [5.74, 6) is -0.738. The average molecular weight is 329 g/mol. The van der Waals surface area contributed by atoms with E-state index in [2.05, 4.69) is 32.9 Å². The second-order valence-corrected chi connectivity index (χ2v) is 6.70. The lowest BCUT2D eigenvalue weighted by atomic mass is 10.1. The summed E-state index contributed by atoms with van der Waals surface area (Å²) in [7, 11) is 0. The number of allylic oxidation sites excluding steroid dienone is 1. The van der Waals surface area contributed by atoms with Crippen molar-refractivity contribution in [2.24, 2.45) is 0 Å². The molecule has 1 atom stereocenters. The van der Waals surface area contributed by atoms with Crippen LogP contribution < -0.4 is 0 Å². The van der Waals surface area contributed by atoms with Crippen LogP contribution in [0, 0.1) is 0 Å². The van der Waals surface area contributed by atoms with Crippen LogP contribution in [-0.2, 0) is 4.79 Å². The number of aliphatic hydroxyl groups is 1. The van der Waals surface area contributed by atoms with Gasteiger partial charge in [0.2, 0.25) is 0 Å². The number of aliphatic carboxylic acids is 1. The zero-order chi connectivity index (χ0) is 17.6. The molecule has 0 fully saturated rings. The van der Waals surface area contributed by atoms with Crippen LogP contribution in [0.4, 0.5) is 0 Å². The van der Waals surface area contributed by atoms with Gasteiger partial charge in [-0.1, -0.05) is 52.2 Å². The van der Waals surface area contributed by atoms with Gasteiger partial charge >= 0.3 is 5.97 Å². The molecule has 0 radical (unpaired) electrons. The number of carboxylic acid groups (broad SMARTS) is 1. The van der Waals surface area contributed by atoms with Gasteiger partial charge in [-0.25, -0.2) is 0 Å². The molecule has 0 heterocycles. The molecule has 4 nitrogen and oxygen atoms in total. The van der Waals surface area contributed by atoms with Crippen molar-refractivity contribution >= 4 is 5.97 Å². The van der Waals surface area contributed by atoms with Crippen molar-refractivity contribution in [2.75, 3.05) is 26.2 Å². The Morgan fingerprint density at radius 1 is 1.00 bits per heavy atom. The Bertz CT molecular complexity index is 321. The molecule has 0 amide bonds. The average Bonchev–Trinajstić information content (AvgIpc) is 2.53. The molecule has 1 unspecified atom stereocenters. The minimum Gasteiger partial charge on any atom is -0.481 e. The second-order valence-electron chi connectivity index (χ2n) is 6.70. The fraction of sp³-hybridized carbons (Fsp3) is 0.842. The molecular formula is C19H38NO3+. The summed E-state index contributed by atoms with van der Waals surface area (Å²) in [5.41, 5.74) is 0. The standard InChI is InChI=1S/C19H37NO3/c1-4-7-10-11-12-18(21)17-20(14-8-5-2,15-9-6-3)16-13-19(22)23/h10-11,18,21H,4-9,12-17H2,1-3H3/p+1/b11-10+. The molecule has 0 rings (SSSR count). The molecule has 136 valence electrons. The Morgan fingerprint density at radius 2 is 1.61 bits per heavy atom. The molecule has 2 N–H and O–H groups in total. The van der Waals surface area contributed by atoms with Crippen LogP contribution in [0.15, 0.2) is 12.2 Å². The summed E-state index contributed by atoms with van der Waals surface area (Å²) in [6, 6.07) is 0. The van der Waals surface area contributed by atoms with Crippen LogP contribution in [0.25, 0.3) is 0 Å². The van der Waals surface area contributed by atoms with Crippen molar-refractivity contribution in [3.63, 3.8) is 0 Å². The van der Waals surface area contributed by atoms with Crippen LogP contribution in [0.2, 0.25) is 0 Å². The normalized spacial score (nSPS) is 13.6. The number of carboxylic acids is 1. The van der Waals surface area contributed by atoms with E-state index in [9.17, 15) is 9.90 Å². The van der Waals surface area contributed by atoms with Crippen LogP contribution in [0.5, 0.6) is 0 Å². The van der Waals surface area contributed by atoms with Crippen LogP contribution in [0.3, 0.4) is 0 Å². The number of nitrogens with zero attached hydrogens (tertiary/aromatic N) is 1. The molecule has 0 spiro atoms. The van der Waals surface area contributed by atoms with Gasteiger partial charge in [0.05, 0.1) is 26.1 Å². The summed E-state index contributed by atoms with van der Waals surface area (Å²) in [5, 5.41) is 19.5. The van der Waals surface area contributed by atoms with E-state index in [0.717, 1.165) is 56.1 Å². The Labute approximate surface area is 142 Å². The van der Waals surface area contributed by atoms with Gasteiger partial charge in [0.1, 0.15) is 12.6 Å². The maximum Gasteiger partial charge on any atom is 0.309 e. The first-order chi connectivity index (χ1) is 11.0. The molecule has 0 bridgehead atoms. The molecule has 0 aliphatic heterocycles. The highest BCUT2D eigenvalue weighted by Gasteiger charge is 2.29. The van der Waals surface area contributed by atoms with E-state index in [0.29, 0.717) is 19.5 Å². The van der Waals surface area contributed by atoms with Crippen molar-refractivity contribution in [2.45, 2.75) is 78.2 Å². The number of quaternary nitrogens is 1. The predicted octanol–water partition coefficient (Wildman–Crippen LogP) is 3.99. The first kappa shape index (κ1) is 22.1. The molecule has 0 aliphatic carbocycles. The predicted molar refractivity (Wildman–Crippen MR) is 96.5 cm³/mol. The first-order valence-electron chi connectivity index (χ1n) is 9.39. The number of hydrogen-bond acceptors (Lipinski definition) is 2. The van der Waals surface area contributed by atoms with Gasteiger partial charge in [-0.3, -0.25) is 4.79 Å². The molecule has 0 aromatic rings. The fourth-order valence-electron chi connectivity index (χ4n) is 2.99. The third-order valence-electron chi connectivity index (χ3n) is 4.40. The Hall–Kier alpha value is -0.870. The number of carbonyl (C=O) groups is 1. The quantitative estimate of drug-likeness (QED) is 0.353. The molecule has 0 aliphatic rings. The lowest BCUT2D eigenvalue weighted by molar-refractivity contribution is -0.930. The SMILES string of the molecule is CCC/C=C/CC(O)C[N+](CCCC)(CCCC)CCC(=O)O. The van der Waals surface area contributed by atoms with E-state index < -0.39 is 5.97 Å². The highest BCUT2D eigenvalue weighted by molar-refractivity contribution is 5.66. The summed E-state index contributed by atoms with van der Waals surface area (Å²) in [6.07, 6.45) is 11.2. The minimum absolute atomic E-state index is 0.186. The van der Waals surface area contributed by atoms with Gasteiger partial charge in [0, 0.05) is 0 Å². The van der Waals surface area contributed by atoms with E-state index in [1.54, 1.807) is 0 Å². The number of unbranched alkanes of at least 4 members (excludes halogenated alkanes) is 3. The number of aliphatic hydroxyl groups excluding tert-OH is 1. The summed E-state index contributed by atoms with van der Waals surface area (Å²) in [4.78, 5) is 11.0. The third kappa shape index (κ3) is 11.3. The Kier molecular flexibility index (Phi) is 13.0. The van der Waals surface area contributed by atoms with Gasteiger partial charge in [-0.05, 0) is 25.7 Å². The number of hydrogen-bond donors (Lipinski definition) is 2. The summed E-state index contributed by atoms with van der Waals surface area (Å²) >= 11 is 0. The van der Waals surface area contributed by atoms with Crippen LogP contribution in [-0.4, -0.2) is 52.9 Å². The van der Waals surface area contributed by atoms with Crippen molar-refractivity contribution in [3.05, 3.63) is 12.2 Å². The smallest absolute Gasteiger partial charge is 0.309 e. The van der Waals surface area contributed by atoms with E-state index in [1.165, 1.54) is 0 Å². The van der Waals surface area contributed by atoms with Gasteiger partial charge in [-0.15, -0.1) is 0 Å². The van der Waals surface area contributed by atoms with E-state index in [1.807, 2.05) is 0 Å².